The lowest BCUT2D eigenvalue weighted by Crippen LogP contribution is -2.46. The summed E-state index contributed by atoms with van der Waals surface area (Å²) in [5.41, 5.74) is 5.34. The SMILES string of the molecule is CCCCCCCC/C=C/CC/C=C/C(O)C(COP(=O)(O)OCCN)NC(=O)CC(O)CCCCCCCCCCCCCCCCC. The van der Waals surface area contributed by atoms with Gasteiger partial charge in [-0.15, -0.1) is 0 Å². The standard InChI is InChI=1S/C39H77N2O7P/c1-3-5-7-9-11-13-15-17-18-19-20-22-24-26-28-30-36(42)34-39(44)41-37(35-48-49(45,46)47-33-32-40)38(43)31-29-27-25-23-21-16-14-12-10-8-6-4-2/h21,23,29,31,36-38,42-43H,3-20,22,24-28,30,32-35,40H2,1-2H3,(H,41,44)(H,45,46)/b23-21+,31-29+. The molecule has 0 saturated heterocycles. The Morgan fingerprint density at radius 3 is 1.69 bits per heavy atom. The van der Waals surface area contributed by atoms with Gasteiger partial charge in [0.05, 0.1) is 37.9 Å². The number of unbranched alkanes of at least 4 members (excludes halogenated alkanes) is 21. The number of aliphatic hydroxyl groups excluding tert-OH is 2. The average molecular weight is 717 g/mol. The van der Waals surface area contributed by atoms with Crippen molar-refractivity contribution < 1.29 is 33.5 Å². The molecule has 0 heterocycles. The molecule has 4 atom stereocenters. The third-order valence-electron chi connectivity index (χ3n) is 8.83. The monoisotopic (exact) mass is 717 g/mol. The van der Waals surface area contributed by atoms with Crippen LogP contribution in [0.5, 0.6) is 0 Å². The predicted octanol–water partition coefficient (Wildman–Crippen LogP) is 9.58. The fourth-order valence-corrected chi connectivity index (χ4v) is 6.54. The van der Waals surface area contributed by atoms with E-state index in [-0.39, 0.29) is 19.6 Å². The van der Waals surface area contributed by atoms with Crippen molar-refractivity contribution in [2.75, 3.05) is 19.8 Å². The maximum Gasteiger partial charge on any atom is 0.472 e. The quantitative estimate of drug-likeness (QED) is 0.0242. The van der Waals surface area contributed by atoms with E-state index in [1.165, 1.54) is 116 Å². The molecule has 0 aromatic rings. The van der Waals surface area contributed by atoms with E-state index in [1.807, 2.05) is 6.08 Å². The molecule has 4 unspecified atom stereocenters. The smallest absolute Gasteiger partial charge is 0.393 e. The minimum atomic E-state index is -4.40. The van der Waals surface area contributed by atoms with Crippen molar-refractivity contribution in [2.24, 2.45) is 5.73 Å². The van der Waals surface area contributed by atoms with E-state index in [2.05, 4.69) is 31.3 Å². The van der Waals surface area contributed by atoms with Gasteiger partial charge in [0, 0.05) is 6.54 Å². The number of amides is 1. The molecule has 0 aliphatic rings. The van der Waals surface area contributed by atoms with E-state index in [4.69, 9.17) is 14.8 Å². The number of hydrogen-bond donors (Lipinski definition) is 5. The van der Waals surface area contributed by atoms with Crippen molar-refractivity contribution in [1.29, 1.82) is 0 Å². The lowest BCUT2D eigenvalue weighted by molar-refractivity contribution is -0.124. The molecule has 0 spiro atoms. The van der Waals surface area contributed by atoms with E-state index in [0.717, 1.165) is 32.1 Å². The second-order valence-electron chi connectivity index (χ2n) is 13.7. The number of nitrogens with one attached hydrogen (secondary N) is 1. The predicted molar refractivity (Wildman–Crippen MR) is 204 cm³/mol. The van der Waals surface area contributed by atoms with Crippen LogP contribution in [0, 0.1) is 0 Å². The average Bonchev–Trinajstić information content (AvgIpc) is 3.07. The van der Waals surface area contributed by atoms with Crippen LogP contribution in [0.4, 0.5) is 0 Å². The van der Waals surface area contributed by atoms with E-state index in [0.29, 0.717) is 12.8 Å². The second-order valence-corrected chi connectivity index (χ2v) is 15.1. The van der Waals surface area contributed by atoms with E-state index >= 15 is 0 Å². The Kier molecular flexibility index (Phi) is 34.6. The zero-order valence-electron chi connectivity index (χ0n) is 31.5. The lowest BCUT2D eigenvalue weighted by atomic mass is 10.0. The van der Waals surface area contributed by atoms with Crippen molar-refractivity contribution in [1.82, 2.24) is 5.32 Å². The van der Waals surface area contributed by atoms with Crippen LogP contribution in [-0.4, -0.2) is 59.0 Å². The summed E-state index contributed by atoms with van der Waals surface area (Å²) in [6, 6.07) is -0.994. The molecule has 1 amide bonds. The first-order valence-corrected chi connectivity index (χ1v) is 21.5. The highest BCUT2D eigenvalue weighted by molar-refractivity contribution is 7.47. The molecule has 0 saturated carbocycles. The third kappa shape index (κ3) is 33.8. The second kappa shape index (κ2) is 35.3. The van der Waals surface area contributed by atoms with Crippen LogP contribution in [0.2, 0.25) is 0 Å². The molecule has 49 heavy (non-hydrogen) atoms. The normalized spacial score (nSPS) is 15.1. The number of aliphatic hydroxyl groups is 2. The highest BCUT2D eigenvalue weighted by Crippen LogP contribution is 2.43. The highest BCUT2D eigenvalue weighted by atomic mass is 31.2. The summed E-state index contributed by atoms with van der Waals surface area (Å²) < 4.78 is 22.0. The first kappa shape index (κ1) is 47.9. The van der Waals surface area contributed by atoms with E-state index in [1.54, 1.807) is 6.08 Å². The first-order valence-electron chi connectivity index (χ1n) is 20.0. The highest BCUT2D eigenvalue weighted by Gasteiger charge is 2.27. The van der Waals surface area contributed by atoms with Crippen LogP contribution in [0.3, 0.4) is 0 Å². The molecule has 0 radical (unpaired) electrons. The van der Waals surface area contributed by atoms with Crippen LogP contribution in [0.1, 0.15) is 181 Å². The van der Waals surface area contributed by atoms with Crippen molar-refractivity contribution in [3.8, 4) is 0 Å². The van der Waals surface area contributed by atoms with E-state index < -0.39 is 38.6 Å². The number of carbonyl (C=O) groups is 1. The molecule has 290 valence electrons. The Balaban J connectivity index is 4.39. The van der Waals surface area contributed by atoms with Gasteiger partial charge in [-0.05, 0) is 32.1 Å². The zero-order chi connectivity index (χ0) is 36.3. The summed E-state index contributed by atoms with van der Waals surface area (Å²) in [5.74, 6) is -0.456. The minimum absolute atomic E-state index is 0.0457. The number of phosphoric acid groups is 1. The summed E-state index contributed by atoms with van der Waals surface area (Å²) >= 11 is 0. The topological polar surface area (TPSA) is 151 Å². The summed E-state index contributed by atoms with van der Waals surface area (Å²) in [4.78, 5) is 22.7. The van der Waals surface area contributed by atoms with Gasteiger partial charge in [-0.3, -0.25) is 13.8 Å². The molecule has 6 N–H and O–H groups in total. The molecule has 0 bridgehead atoms. The first-order chi connectivity index (χ1) is 23.8. The third-order valence-corrected chi connectivity index (χ3v) is 9.82. The van der Waals surface area contributed by atoms with Crippen LogP contribution in [-0.2, 0) is 18.4 Å². The molecule has 0 aliphatic heterocycles. The van der Waals surface area contributed by atoms with Crippen molar-refractivity contribution in [3.63, 3.8) is 0 Å². The van der Waals surface area contributed by atoms with Gasteiger partial charge in [0.1, 0.15) is 0 Å². The van der Waals surface area contributed by atoms with Crippen LogP contribution in [0.15, 0.2) is 24.3 Å². The van der Waals surface area contributed by atoms with Crippen LogP contribution < -0.4 is 11.1 Å². The largest absolute Gasteiger partial charge is 0.472 e. The maximum absolute atomic E-state index is 12.7. The van der Waals surface area contributed by atoms with Gasteiger partial charge in [-0.2, -0.15) is 0 Å². The number of carbonyl (C=O) groups excluding carboxylic acids is 1. The number of allylic oxidation sites excluding steroid dienone is 3. The molecule has 0 aliphatic carbocycles. The van der Waals surface area contributed by atoms with Crippen molar-refractivity contribution in [3.05, 3.63) is 24.3 Å². The van der Waals surface area contributed by atoms with Gasteiger partial charge in [0.25, 0.3) is 0 Å². The van der Waals surface area contributed by atoms with Gasteiger partial charge in [-0.1, -0.05) is 167 Å². The van der Waals surface area contributed by atoms with Crippen LogP contribution in [0.25, 0.3) is 0 Å². The Morgan fingerprint density at radius 1 is 0.694 bits per heavy atom. The van der Waals surface area contributed by atoms with Gasteiger partial charge in [0.15, 0.2) is 0 Å². The Bertz CT molecular complexity index is 842. The Labute approximate surface area is 300 Å². The van der Waals surface area contributed by atoms with Gasteiger partial charge >= 0.3 is 7.82 Å². The molecule has 9 nitrogen and oxygen atoms in total. The minimum Gasteiger partial charge on any atom is -0.393 e. The molecular weight excluding hydrogens is 639 g/mol. The van der Waals surface area contributed by atoms with Gasteiger partial charge in [-0.25, -0.2) is 4.57 Å². The summed E-state index contributed by atoms with van der Waals surface area (Å²) in [6.07, 6.45) is 35.5. The fourth-order valence-electron chi connectivity index (χ4n) is 5.78. The Hall–Kier alpha value is -1.06. The number of hydrogen-bond acceptors (Lipinski definition) is 7. The lowest BCUT2D eigenvalue weighted by Gasteiger charge is -2.24. The molecule has 0 rings (SSSR count). The van der Waals surface area contributed by atoms with Crippen molar-refractivity contribution in [2.45, 2.75) is 199 Å². The fraction of sp³-hybridized carbons (Fsp3) is 0.872. The molecule has 0 fully saturated rings. The van der Waals surface area contributed by atoms with E-state index in [9.17, 15) is 24.5 Å². The summed E-state index contributed by atoms with van der Waals surface area (Å²) in [6.45, 7) is 3.93. The van der Waals surface area contributed by atoms with Crippen LogP contribution >= 0.6 is 7.82 Å². The molecule has 0 aromatic carbocycles. The van der Waals surface area contributed by atoms with Crippen molar-refractivity contribution >= 4 is 13.7 Å². The zero-order valence-corrected chi connectivity index (χ0v) is 32.4. The van der Waals surface area contributed by atoms with Gasteiger partial charge < -0.3 is 26.2 Å². The maximum atomic E-state index is 12.7. The number of nitrogens with two attached hydrogens (primary N) is 1. The molecule has 10 heteroatoms. The number of rotatable bonds is 37. The summed E-state index contributed by atoms with van der Waals surface area (Å²) in [5, 5.41) is 23.9. The Morgan fingerprint density at radius 2 is 1.16 bits per heavy atom. The number of phosphoric ester groups is 1. The molecule has 0 aromatic heterocycles. The van der Waals surface area contributed by atoms with Gasteiger partial charge in [0.2, 0.25) is 5.91 Å². The summed E-state index contributed by atoms with van der Waals surface area (Å²) in [7, 11) is -4.40. The molecular formula is C39H77N2O7P.